The van der Waals surface area contributed by atoms with Crippen LogP contribution in [0.1, 0.15) is 0 Å². The average Bonchev–Trinajstić information content (AvgIpc) is 2.18. The first-order chi connectivity index (χ1) is 7.41. The Morgan fingerprint density at radius 3 is 2.50 bits per heavy atom. The molecule has 0 aromatic heterocycles. The second-order valence-corrected chi connectivity index (χ2v) is 4.26. The molecule has 1 rings (SSSR count). The Balaban J connectivity index is 3.09. The van der Waals surface area contributed by atoms with Gasteiger partial charge in [0.15, 0.2) is 0 Å². The van der Waals surface area contributed by atoms with Gasteiger partial charge in [0, 0.05) is 11.1 Å². The Morgan fingerprint density at radius 2 is 2.00 bits per heavy atom. The van der Waals surface area contributed by atoms with Crippen LogP contribution in [0.3, 0.4) is 0 Å². The molecule has 0 radical (unpaired) electrons. The van der Waals surface area contributed by atoms with Gasteiger partial charge in [-0.25, -0.2) is 0 Å². The van der Waals surface area contributed by atoms with Crippen LogP contribution in [0.4, 0.5) is 11.4 Å². The Hall–Kier alpha value is -0.970. The highest BCUT2D eigenvalue weighted by Gasteiger charge is 2.16. The van der Waals surface area contributed by atoms with E-state index in [4.69, 9.17) is 34.8 Å². The van der Waals surface area contributed by atoms with Crippen LogP contribution in [0.15, 0.2) is 23.7 Å². The Morgan fingerprint density at radius 1 is 1.44 bits per heavy atom. The summed E-state index contributed by atoms with van der Waals surface area (Å²) in [6.07, 6.45) is 0. The first kappa shape index (κ1) is 13.1. The fourth-order valence-corrected chi connectivity index (χ4v) is 1.41. The van der Waals surface area contributed by atoms with Crippen molar-refractivity contribution in [3.8, 4) is 0 Å². The van der Waals surface area contributed by atoms with Crippen LogP contribution < -0.4 is 5.32 Å². The van der Waals surface area contributed by atoms with Crippen molar-refractivity contribution in [3.63, 3.8) is 0 Å². The second-order valence-electron chi connectivity index (χ2n) is 2.91. The van der Waals surface area contributed by atoms with Crippen LogP contribution >= 0.6 is 34.8 Å². The normalized spacial score (nSPS) is 9.94. The number of hydrogen-bond donors (Lipinski definition) is 1. The van der Waals surface area contributed by atoms with E-state index in [0.29, 0.717) is 5.03 Å². The number of hydrogen-bond acceptors (Lipinski definition) is 3. The van der Waals surface area contributed by atoms with Crippen molar-refractivity contribution < 1.29 is 4.92 Å². The number of rotatable bonds is 4. The molecule has 0 saturated heterocycles. The molecule has 1 N–H and O–H groups in total. The van der Waals surface area contributed by atoms with E-state index in [0.717, 1.165) is 0 Å². The summed E-state index contributed by atoms with van der Waals surface area (Å²) in [4.78, 5) is 10.2. The molecule has 1 aromatic rings. The van der Waals surface area contributed by atoms with Gasteiger partial charge in [0.05, 0.1) is 21.5 Å². The lowest BCUT2D eigenvalue weighted by atomic mass is 10.2. The number of nitrogens with zero attached hydrogens (tertiary/aromatic N) is 1. The topological polar surface area (TPSA) is 55.2 Å². The second kappa shape index (κ2) is 5.39. The van der Waals surface area contributed by atoms with Gasteiger partial charge in [-0.3, -0.25) is 10.1 Å². The molecule has 1 aromatic carbocycles. The summed E-state index contributed by atoms with van der Waals surface area (Å²) in [5.74, 6) is 0. The molecule has 0 bridgehead atoms. The first-order valence-corrected chi connectivity index (χ1v) is 5.25. The van der Waals surface area contributed by atoms with Gasteiger partial charge in [0.1, 0.15) is 5.69 Å². The fraction of sp³-hybridized carbons (Fsp3) is 0.111. The summed E-state index contributed by atoms with van der Waals surface area (Å²) in [5, 5.41) is 14.2. The monoisotopic (exact) mass is 280 g/mol. The van der Waals surface area contributed by atoms with E-state index in [1.807, 2.05) is 0 Å². The molecule has 0 aliphatic heterocycles. The smallest absolute Gasteiger partial charge is 0.293 e. The number of nitrogens with one attached hydrogen (secondary N) is 1. The van der Waals surface area contributed by atoms with E-state index in [1.165, 1.54) is 12.1 Å². The van der Waals surface area contributed by atoms with Gasteiger partial charge in [-0.15, -0.1) is 0 Å². The fourth-order valence-electron chi connectivity index (χ4n) is 1.02. The van der Waals surface area contributed by atoms with Crippen LogP contribution in [0.25, 0.3) is 0 Å². The SMILES string of the molecule is C=C(Cl)CNc1cc(Cl)c(Cl)cc1[N+](=O)[O-]. The van der Waals surface area contributed by atoms with E-state index in [2.05, 4.69) is 11.9 Å². The minimum Gasteiger partial charge on any atom is -0.374 e. The maximum absolute atomic E-state index is 10.7. The zero-order chi connectivity index (χ0) is 12.3. The number of halogens is 3. The molecule has 16 heavy (non-hydrogen) atoms. The van der Waals surface area contributed by atoms with Gasteiger partial charge in [0.2, 0.25) is 0 Å². The zero-order valence-electron chi connectivity index (χ0n) is 7.97. The number of nitro benzene ring substituents is 1. The number of anilines is 1. The van der Waals surface area contributed by atoms with Gasteiger partial charge in [-0.2, -0.15) is 0 Å². The maximum atomic E-state index is 10.7. The molecule has 0 fully saturated rings. The first-order valence-electron chi connectivity index (χ1n) is 4.12. The molecular weight excluding hydrogens is 274 g/mol. The largest absolute Gasteiger partial charge is 0.374 e. The Kier molecular flexibility index (Phi) is 4.41. The third kappa shape index (κ3) is 3.27. The van der Waals surface area contributed by atoms with E-state index >= 15 is 0 Å². The Labute approximate surface area is 107 Å². The van der Waals surface area contributed by atoms with Gasteiger partial charge in [0.25, 0.3) is 5.69 Å². The molecule has 4 nitrogen and oxygen atoms in total. The van der Waals surface area contributed by atoms with Crippen LogP contribution in [-0.2, 0) is 0 Å². The maximum Gasteiger partial charge on any atom is 0.293 e. The summed E-state index contributed by atoms with van der Waals surface area (Å²) in [7, 11) is 0. The van der Waals surface area contributed by atoms with Crippen LogP contribution in [0.2, 0.25) is 10.0 Å². The average molecular weight is 282 g/mol. The standard InChI is InChI=1S/C9H7Cl3N2O2/c1-5(10)4-13-8-2-6(11)7(12)3-9(8)14(15)16/h2-3,13H,1,4H2. The predicted octanol–water partition coefficient (Wildman–Crippen LogP) is 4.07. The minimum absolute atomic E-state index is 0.128. The highest BCUT2D eigenvalue weighted by molar-refractivity contribution is 6.42. The van der Waals surface area contributed by atoms with E-state index in [9.17, 15) is 10.1 Å². The third-order valence-corrected chi connectivity index (χ3v) is 2.56. The predicted molar refractivity (Wildman–Crippen MR) is 66.6 cm³/mol. The van der Waals surface area contributed by atoms with E-state index < -0.39 is 4.92 Å². The van der Waals surface area contributed by atoms with Gasteiger partial charge in [-0.05, 0) is 6.07 Å². The van der Waals surface area contributed by atoms with Crippen molar-refractivity contribution in [1.82, 2.24) is 0 Å². The lowest BCUT2D eigenvalue weighted by molar-refractivity contribution is -0.383. The minimum atomic E-state index is -0.554. The summed E-state index contributed by atoms with van der Waals surface area (Å²) in [5.41, 5.74) is 0.0912. The molecule has 0 atom stereocenters. The number of nitro groups is 1. The molecule has 0 aliphatic rings. The van der Waals surface area contributed by atoms with Crippen molar-refractivity contribution in [2.75, 3.05) is 11.9 Å². The summed E-state index contributed by atoms with van der Waals surface area (Å²) < 4.78 is 0. The molecule has 86 valence electrons. The molecule has 0 saturated carbocycles. The van der Waals surface area contributed by atoms with Crippen LogP contribution in [0, 0.1) is 10.1 Å². The summed E-state index contributed by atoms with van der Waals surface area (Å²) >= 11 is 17.0. The van der Waals surface area contributed by atoms with Gasteiger partial charge >= 0.3 is 0 Å². The zero-order valence-corrected chi connectivity index (χ0v) is 10.2. The lowest BCUT2D eigenvalue weighted by Gasteiger charge is -2.07. The summed E-state index contributed by atoms with van der Waals surface area (Å²) in [6.45, 7) is 3.67. The highest BCUT2D eigenvalue weighted by atomic mass is 35.5. The molecular formula is C9H7Cl3N2O2. The van der Waals surface area contributed by atoms with E-state index in [1.54, 1.807) is 0 Å². The van der Waals surface area contributed by atoms with Crippen molar-refractivity contribution in [3.05, 3.63) is 43.9 Å². The van der Waals surface area contributed by atoms with Crippen molar-refractivity contribution in [2.24, 2.45) is 0 Å². The number of benzene rings is 1. The molecule has 0 heterocycles. The Bertz CT molecular complexity index is 449. The van der Waals surface area contributed by atoms with Crippen molar-refractivity contribution in [2.45, 2.75) is 0 Å². The van der Waals surface area contributed by atoms with Gasteiger partial charge in [-0.1, -0.05) is 41.4 Å². The van der Waals surface area contributed by atoms with Gasteiger partial charge < -0.3 is 5.32 Å². The van der Waals surface area contributed by atoms with E-state index in [-0.39, 0.29) is 28.0 Å². The van der Waals surface area contributed by atoms with Crippen molar-refractivity contribution in [1.29, 1.82) is 0 Å². The highest BCUT2D eigenvalue weighted by Crippen LogP contribution is 2.33. The molecule has 7 heteroatoms. The quantitative estimate of drug-likeness (QED) is 0.668. The molecule has 0 aliphatic carbocycles. The van der Waals surface area contributed by atoms with Crippen LogP contribution in [0.5, 0.6) is 0 Å². The van der Waals surface area contributed by atoms with Crippen molar-refractivity contribution >= 4 is 46.2 Å². The third-order valence-electron chi connectivity index (χ3n) is 1.71. The molecule has 0 spiro atoms. The molecule has 0 unspecified atom stereocenters. The van der Waals surface area contributed by atoms with Crippen LogP contribution in [-0.4, -0.2) is 11.5 Å². The lowest BCUT2D eigenvalue weighted by Crippen LogP contribution is -2.04. The summed E-state index contributed by atoms with van der Waals surface area (Å²) in [6, 6.07) is 2.56. The molecule has 0 amide bonds.